The summed E-state index contributed by atoms with van der Waals surface area (Å²) in [4.78, 5) is 18.5. The molecule has 0 aliphatic carbocycles. The fraction of sp³-hybridized carbons (Fsp3) is 0.333. The number of anilines is 2. The smallest absolute Gasteiger partial charge is 0.256 e. The van der Waals surface area contributed by atoms with Crippen LogP contribution >= 0.6 is 0 Å². The molecule has 1 fully saturated rings. The summed E-state index contributed by atoms with van der Waals surface area (Å²) in [5, 5.41) is 2.76. The molecule has 1 N–H and O–H groups in total. The molecule has 1 aliphatic heterocycles. The fourth-order valence-electron chi connectivity index (χ4n) is 3.08. The van der Waals surface area contributed by atoms with Crippen LogP contribution in [0.2, 0.25) is 0 Å². The van der Waals surface area contributed by atoms with E-state index in [9.17, 15) is 13.2 Å². The van der Waals surface area contributed by atoms with Gasteiger partial charge in [0.1, 0.15) is 5.82 Å². The van der Waals surface area contributed by atoms with Crippen LogP contribution in [0, 0.1) is 0 Å². The Kier molecular flexibility index (Phi) is 5.03. The normalized spacial score (nSPS) is 18.7. The number of hydrogen-bond donors (Lipinski definition) is 1. The average Bonchev–Trinajstić information content (AvgIpc) is 2.97. The van der Waals surface area contributed by atoms with Crippen LogP contribution in [-0.4, -0.2) is 43.4 Å². The Labute approximate surface area is 147 Å². The van der Waals surface area contributed by atoms with Gasteiger partial charge in [-0.1, -0.05) is 18.2 Å². The first-order chi connectivity index (χ1) is 12.0. The van der Waals surface area contributed by atoms with Gasteiger partial charge in [0.2, 0.25) is 0 Å². The van der Waals surface area contributed by atoms with Gasteiger partial charge >= 0.3 is 0 Å². The molecule has 1 aromatic carbocycles. The molecule has 3 rings (SSSR count). The monoisotopic (exact) mass is 359 g/mol. The van der Waals surface area contributed by atoms with Crippen LogP contribution in [-0.2, 0) is 9.84 Å². The van der Waals surface area contributed by atoms with Crippen molar-refractivity contribution < 1.29 is 13.2 Å². The number of carbonyl (C=O) groups excluding carboxylic acids is 1. The van der Waals surface area contributed by atoms with E-state index in [0.717, 1.165) is 5.69 Å². The van der Waals surface area contributed by atoms with Gasteiger partial charge in [-0.05, 0) is 37.6 Å². The molecular formula is C18H21N3O3S. The summed E-state index contributed by atoms with van der Waals surface area (Å²) in [6.45, 7) is 2.70. The van der Waals surface area contributed by atoms with Gasteiger partial charge in [0.25, 0.3) is 5.91 Å². The maximum Gasteiger partial charge on any atom is 0.256 e. The average molecular weight is 359 g/mol. The van der Waals surface area contributed by atoms with Crippen LogP contribution in [0.4, 0.5) is 11.5 Å². The van der Waals surface area contributed by atoms with Crippen molar-refractivity contribution in [1.29, 1.82) is 0 Å². The molecule has 7 heteroatoms. The Morgan fingerprint density at radius 2 is 2.00 bits per heavy atom. The van der Waals surface area contributed by atoms with Crippen molar-refractivity contribution in [3.63, 3.8) is 0 Å². The summed E-state index contributed by atoms with van der Waals surface area (Å²) in [5.41, 5.74) is 1.43. The van der Waals surface area contributed by atoms with Crippen LogP contribution in [0.3, 0.4) is 0 Å². The maximum absolute atomic E-state index is 12.1. The third-order valence-corrected chi connectivity index (χ3v) is 6.10. The molecule has 2 aromatic rings. The lowest BCUT2D eigenvalue weighted by atomic mass is 10.2. The van der Waals surface area contributed by atoms with Crippen molar-refractivity contribution in [3.05, 3.63) is 54.2 Å². The molecule has 2 heterocycles. The van der Waals surface area contributed by atoms with Crippen LogP contribution in [0.25, 0.3) is 0 Å². The molecular weight excluding hydrogens is 338 g/mol. The summed E-state index contributed by atoms with van der Waals surface area (Å²) in [5.74, 6) is 0.683. The second-order valence-corrected chi connectivity index (χ2v) is 8.29. The Bertz CT molecular complexity index is 836. The van der Waals surface area contributed by atoms with E-state index in [-0.39, 0.29) is 23.5 Å². The Balaban J connectivity index is 1.70. The zero-order valence-electron chi connectivity index (χ0n) is 14.1. The van der Waals surface area contributed by atoms with Gasteiger partial charge < -0.3 is 10.2 Å². The highest BCUT2D eigenvalue weighted by atomic mass is 32.2. The molecule has 0 spiro atoms. The lowest BCUT2D eigenvalue weighted by Gasteiger charge is -2.28. The lowest BCUT2D eigenvalue weighted by molar-refractivity contribution is 0.102. The summed E-state index contributed by atoms with van der Waals surface area (Å²) >= 11 is 0. The first kappa shape index (κ1) is 17.4. The van der Waals surface area contributed by atoms with Gasteiger partial charge in [-0.2, -0.15) is 0 Å². The summed E-state index contributed by atoms with van der Waals surface area (Å²) in [6.07, 6.45) is 2.32. The number of pyridine rings is 1. The first-order valence-corrected chi connectivity index (χ1v) is 10.1. The topological polar surface area (TPSA) is 79.4 Å². The SMILES string of the molecule is CCN(c1ccc(NC(=O)c2ccccc2)nc1)C1CCS(=O)(=O)C1. The number of nitrogens with zero attached hydrogens (tertiary/aromatic N) is 2. The van der Waals surface area contributed by atoms with Crippen molar-refractivity contribution >= 4 is 27.2 Å². The standard InChI is InChI=1S/C18H21N3O3S/c1-2-21(16-10-11-25(23,24)13-16)15-8-9-17(19-12-15)20-18(22)14-6-4-3-5-7-14/h3-9,12,16H,2,10-11,13H2,1H3,(H,19,20,22). The highest BCUT2D eigenvalue weighted by Crippen LogP contribution is 2.24. The fourth-order valence-corrected chi connectivity index (χ4v) is 4.81. The second-order valence-electron chi connectivity index (χ2n) is 6.06. The van der Waals surface area contributed by atoms with Gasteiger partial charge in [0, 0.05) is 18.2 Å². The Hall–Kier alpha value is -2.41. The zero-order chi connectivity index (χ0) is 17.9. The minimum absolute atomic E-state index is 0.0124. The van der Waals surface area contributed by atoms with Gasteiger partial charge in [-0.15, -0.1) is 0 Å². The summed E-state index contributed by atoms with van der Waals surface area (Å²) < 4.78 is 23.4. The van der Waals surface area contributed by atoms with E-state index < -0.39 is 9.84 Å². The molecule has 1 atom stereocenters. The van der Waals surface area contributed by atoms with Crippen molar-refractivity contribution in [2.75, 3.05) is 28.3 Å². The molecule has 25 heavy (non-hydrogen) atoms. The molecule has 1 saturated heterocycles. The quantitative estimate of drug-likeness (QED) is 0.886. The van der Waals surface area contributed by atoms with Crippen molar-refractivity contribution in [3.8, 4) is 0 Å². The van der Waals surface area contributed by atoms with Crippen LogP contribution in [0.5, 0.6) is 0 Å². The molecule has 0 bridgehead atoms. The predicted octanol–water partition coefficient (Wildman–Crippen LogP) is 2.35. The molecule has 1 aromatic heterocycles. The van der Waals surface area contributed by atoms with E-state index in [1.54, 1.807) is 36.5 Å². The number of rotatable bonds is 5. The number of aromatic nitrogens is 1. The molecule has 0 radical (unpaired) electrons. The van der Waals surface area contributed by atoms with E-state index in [1.807, 2.05) is 19.1 Å². The predicted molar refractivity (Wildman–Crippen MR) is 98.7 cm³/mol. The zero-order valence-corrected chi connectivity index (χ0v) is 14.9. The van der Waals surface area contributed by atoms with E-state index in [2.05, 4.69) is 15.2 Å². The van der Waals surface area contributed by atoms with E-state index >= 15 is 0 Å². The third-order valence-electron chi connectivity index (χ3n) is 4.35. The number of nitrogens with one attached hydrogen (secondary N) is 1. The van der Waals surface area contributed by atoms with Gasteiger partial charge in [-0.3, -0.25) is 4.79 Å². The Morgan fingerprint density at radius 1 is 1.24 bits per heavy atom. The molecule has 0 saturated carbocycles. The Morgan fingerprint density at radius 3 is 2.56 bits per heavy atom. The number of carbonyl (C=O) groups is 1. The minimum atomic E-state index is -2.93. The highest BCUT2D eigenvalue weighted by Gasteiger charge is 2.31. The maximum atomic E-state index is 12.1. The van der Waals surface area contributed by atoms with E-state index in [1.165, 1.54) is 0 Å². The number of amides is 1. The van der Waals surface area contributed by atoms with Crippen molar-refractivity contribution in [1.82, 2.24) is 4.98 Å². The number of hydrogen-bond acceptors (Lipinski definition) is 5. The van der Waals surface area contributed by atoms with Crippen molar-refractivity contribution in [2.24, 2.45) is 0 Å². The lowest BCUT2D eigenvalue weighted by Crippen LogP contribution is -2.36. The summed E-state index contributed by atoms with van der Waals surface area (Å²) in [6, 6.07) is 12.5. The van der Waals surface area contributed by atoms with E-state index in [4.69, 9.17) is 0 Å². The second kappa shape index (κ2) is 7.23. The molecule has 132 valence electrons. The van der Waals surface area contributed by atoms with Gasteiger partial charge in [-0.25, -0.2) is 13.4 Å². The largest absolute Gasteiger partial charge is 0.367 e. The molecule has 6 nitrogen and oxygen atoms in total. The summed E-state index contributed by atoms with van der Waals surface area (Å²) in [7, 11) is -2.93. The number of sulfone groups is 1. The number of benzene rings is 1. The van der Waals surface area contributed by atoms with Crippen LogP contribution in [0.15, 0.2) is 48.7 Å². The van der Waals surface area contributed by atoms with Gasteiger partial charge in [0.15, 0.2) is 9.84 Å². The third kappa shape index (κ3) is 4.17. The van der Waals surface area contributed by atoms with Crippen LogP contribution in [0.1, 0.15) is 23.7 Å². The van der Waals surface area contributed by atoms with Crippen LogP contribution < -0.4 is 10.2 Å². The van der Waals surface area contributed by atoms with Gasteiger partial charge in [0.05, 0.1) is 23.4 Å². The minimum Gasteiger partial charge on any atom is -0.367 e. The molecule has 1 aliphatic rings. The van der Waals surface area contributed by atoms with Crippen molar-refractivity contribution in [2.45, 2.75) is 19.4 Å². The molecule has 1 unspecified atom stereocenters. The highest BCUT2D eigenvalue weighted by molar-refractivity contribution is 7.91. The molecule has 1 amide bonds. The van der Waals surface area contributed by atoms with E-state index in [0.29, 0.717) is 24.3 Å². The first-order valence-electron chi connectivity index (χ1n) is 8.28.